The van der Waals surface area contributed by atoms with Gasteiger partial charge in [0.15, 0.2) is 5.82 Å². The van der Waals surface area contributed by atoms with Crippen LogP contribution in [0.1, 0.15) is 23.9 Å². The number of amides is 1. The smallest absolute Gasteiger partial charge is 0.253 e. The SMILES string of the molecule is CCN1CCN(C(=O)Cc2c(C)nc3nc(-c4cccs4)nn3c2C)CC1. The Balaban J connectivity index is 1.59. The zero-order chi connectivity index (χ0) is 19.0. The van der Waals surface area contributed by atoms with Gasteiger partial charge in [-0.25, -0.2) is 9.50 Å². The van der Waals surface area contributed by atoms with Gasteiger partial charge in [-0.1, -0.05) is 13.0 Å². The Morgan fingerprint density at radius 1 is 1.19 bits per heavy atom. The number of aromatic nitrogens is 4. The Morgan fingerprint density at radius 2 is 1.96 bits per heavy atom. The number of hydrogen-bond acceptors (Lipinski definition) is 6. The average molecular weight is 385 g/mol. The summed E-state index contributed by atoms with van der Waals surface area (Å²) in [5, 5.41) is 6.63. The zero-order valence-corrected chi connectivity index (χ0v) is 16.8. The molecule has 3 aromatic rings. The van der Waals surface area contributed by atoms with Crippen LogP contribution < -0.4 is 0 Å². The van der Waals surface area contributed by atoms with Crippen LogP contribution >= 0.6 is 11.3 Å². The molecule has 4 rings (SSSR count). The molecule has 1 saturated heterocycles. The second-order valence-corrected chi connectivity index (χ2v) is 7.83. The molecule has 142 valence electrons. The molecule has 0 unspecified atom stereocenters. The van der Waals surface area contributed by atoms with Crippen molar-refractivity contribution in [1.82, 2.24) is 29.4 Å². The summed E-state index contributed by atoms with van der Waals surface area (Å²) < 4.78 is 1.76. The van der Waals surface area contributed by atoms with Crippen molar-refractivity contribution in [3.63, 3.8) is 0 Å². The minimum Gasteiger partial charge on any atom is -0.340 e. The Labute approximate surface area is 162 Å². The number of fused-ring (bicyclic) bond motifs is 1. The molecule has 1 aliphatic heterocycles. The maximum atomic E-state index is 12.8. The van der Waals surface area contributed by atoms with Gasteiger partial charge in [0.2, 0.25) is 5.91 Å². The molecule has 27 heavy (non-hydrogen) atoms. The van der Waals surface area contributed by atoms with Crippen LogP contribution in [0.5, 0.6) is 0 Å². The van der Waals surface area contributed by atoms with E-state index in [1.165, 1.54) is 0 Å². The van der Waals surface area contributed by atoms with Crippen molar-refractivity contribution in [1.29, 1.82) is 0 Å². The minimum atomic E-state index is 0.164. The fourth-order valence-electron chi connectivity index (χ4n) is 3.55. The molecule has 7 nitrogen and oxygen atoms in total. The lowest BCUT2D eigenvalue weighted by molar-refractivity contribution is -0.132. The first kappa shape index (κ1) is 18.1. The van der Waals surface area contributed by atoms with Crippen molar-refractivity contribution in [2.24, 2.45) is 0 Å². The van der Waals surface area contributed by atoms with Gasteiger partial charge in [-0.3, -0.25) is 4.79 Å². The van der Waals surface area contributed by atoms with Crippen molar-refractivity contribution >= 4 is 23.0 Å². The minimum absolute atomic E-state index is 0.164. The number of thiophene rings is 1. The van der Waals surface area contributed by atoms with Crippen LogP contribution in [-0.2, 0) is 11.2 Å². The number of aryl methyl sites for hydroxylation is 2. The van der Waals surface area contributed by atoms with E-state index in [-0.39, 0.29) is 5.91 Å². The van der Waals surface area contributed by atoms with Crippen LogP contribution in [0.25, 0.3) is 16.5 Å². The molecule has 1 aliphatic rings. The van der Waals surface area contributed by atoms with E-state index in [1.54, 1.807) is 15.9 Å². The Kier molecular flexibility index (Phi) is 4.92. The molecular formula is C19H24N6OS. The summed E-state index contributed by atoms with van der Waals surface area (Å²) in [5.74, 6) is 1.43. The van der Waals surface area contributed by atoms with Crippen LogP contribution in [0.4, 0.5) is 0 Å². The van der Waals surface area contributed by atoms with Gasteiger partial charge in [-0.15, -0.1) is 16.4 Å². The topological polar surface area (TPSA) is 66.6 Å². The third kappa shape index (κ3) is 3.46. The first-order valence-corrected chi connectivity index (χ1v) is 10.2. The monoisotopic (exact) mass is 384 g/mol. The number of carbonyl (C=O) groups is 1. The molecule has 3 aromatic heterocycles. The second-order valence-electron chi connectivity index (χ2n) is 6.88. The summed E-state index contributed by atoms with van der Waals surface area (Å²) >= 11 is 1.61. The number of piperazine rings is 1. The maximum Gasteiger partial charge on any atom is 0.253 e. The second kappa shape index (κ2) is 7.36. The lowest BCUT2D eigenvalue weighted by atomic mass is 10.1. The van der Waals surface area contributed by atoms with E-state index in [1.807, 2.05) is 36.3 Å². The maximum absolute atomic E-state index is 12.8. The van der Waals surface area contributed by atoms with E-state index in [4.69, 9.17) is 0 Å². The fraction of sp³-hybridized carbons (Fsp3) is 0.474. The van der Waals surface area contributed by atoms with Gasteiger partial charge in [-0.05, 0) is 31.8 Å². The van der Waals surface area contributed by atoms with Gasteiger partial charge in [0.1, 0.15) is 0 Å². The molecule has 0 aliphatic carbocycles. The van der Waals surface area contributed by atoms with Crippen LogP contribution in [0.2, 0.25) is 0 Å². The highest BCUT2D eigenvalue weighted by molar-refractivity contribution is 7.13. The molecule has 0 aromatic carbocycles. The molecule has 8 heteroatoms. The Bertz CT molecular complexity index is 956. The van der Waals surface area contributed by atoms with Crippen LogP contribution in [0.3, 0.4) is 0 Å². The third-order valence-electron chi connectivity index (χ3n) is 5.29. The largest absolute Gasteiger partial charge is 0.340 e. The number of rotatable bonds is 4. The number of nitrogens with zero attached hydrogens (tertiary/aromatic N) is 6. The molecule has 4 heterocycles. The first-order valence-electron chi connectivity index (χ1n) is 9.33. The third-order valence-corrected chi connectivity index (χ3v) is 6.16. The van der Waals surface area contributed by atoms with Crippen molar-refractivity contribution in [3.8, 4) is 10.7 Å². The fourth-order valence-corrected chi connectivity index (χ4v) is 4.20. The van der Waals surface area contributed by atoms with Gasteiger partial charge in [0, 0.05) is 43.1 Å². The molecule has 0 atom stereocenters. The standard InChI is InChI=1S/C19H24N6OS/c1-4-23-7-9-24(10-8-23)17(26)12-15-13(2)20-19-21-18(16-6-5-11-27-16)22-25(19)14(15)3/h5-6,11H,4,7-10,12H2,1-3H3. The normalized spacial score (nSPS) is 15.6. The van der Waals surface area contributed by atoms with Crippen molar-refractivity contribution in [2.75, 3.05) is 32.7 Å². The molecule has 1 amide bonds. The van der Waals surface area contributed by atoms with E-state index >= 15 is 0 Å². The molecule has 0 saturated carbocycles. The summed E-state index contributed by atoms with van der Waals surface area (Å²) in [6.07, 6.45) is 0.362. The summed E-state index contributed by atoms with van der Waals surface area (Å²) in [7, 11) is 0. The van der Waals surface area contributed by atoms with Crippen molar-refractivity contribution in [2.45, 2.75) is 27.2 Å². The summed E-state index contributed by atoms with van der Waals surface area (Å²) in [4.78, 5) is 27.3. The lowest BCUT2D eigenvalue weighted by Crippen LogP contribution is -2.49. The molecule has 0 bridgehead atoms. The Morgan fingerprint density at radius 3 is 2.63 bits per heavy atom. The molecule has 0 spiro atoms. The van der Waals surface area contributed by atoms with E-state index < -0.39 is 0 Å². The van der Waals surface area contributed by atoms with Gasteiger partial charge >= 0.3 is 0 Å². The zero-order valence-electron chi connectivity index (χ0n) is 16.0. The number of likely N-dealkylation sites (N-methyl/N-ethyl adjacent to an activating group) is 1. The highest BCUT2D eigenvalue weighted by atomic mass is 32.1. The van der Waals surface area contributed by atoms with Gasteiger partial charge in [0.05, 0.1) is 11.3 Å². The van der Waals surface area contributed by atoms with Gasteiger partial charge in [-0.2, -0.15) is 4.98 Å². The van der Waals surface area contributed by atoms with E-state index in [0.717, 1.165) is 54.6 Å². The average Bonchev–Trinajstić information content (AvgIpc) is 3.34. The van der Waals surface area contributed by atoms with E-state index in [9.17, 15) is 4.79 Å². The highest BCUT2D eigenvalue weighted by Crippen LogP contribution is 2.23. The predicted octanol–water partition coefficient (Wildman–Crippen LogP) is 2.18. The van der Waals surface area contributed by atoms with Crippen molar-refractivity contribution < 1.29 is 4.79 Å². The highest BCUT2D eigenvalue weighted by Gasteiger charge is 2.23. The molecular weight excluding hydrogens is 360 g/mol. The first-order chi connectivity index (χ1) is 13.1. The molecule has 0 radical (unpaired) electrons. The predicted molar refractivity (Wildman–Crippen MR) is 106 cm³/mol. The summed E-state index contributed by atoms with van der Waals surface area (Å²) in [5.41, 5.74) is 2.74. The van der Waals surface area contributed by atoms with Crippen LogP contribution in [-0.4, -0.2) is 68.0 Å². The molecule has 0 N–H and O–H groups in total. The van der Waals surface area contributed by atoms with Gasteiger partial charge in [0.25, 0.3) is 5.78 Å². The number of carbonyl (C=O) groups excluding carboxylic acids is 1. The number of hydrogen-bond donors (Lipinski definition) is 0. The summed E-state index contributed by atoms with van der Waals surface area (Å²) in [6, 6.07) is 3.99. The van der Waals surface area contributed by atoms with Crippen LogP contribution in [0, 0.1) is 13.8 Å². The van der Waals surface area contributed by atoms with E-state index in [0.29, 0.717) is 18.0 Å². The molecule has 1 fully saturated rings. The lowest BCUT2D eigenvalue weighted by Gasteiger charge is -2.34. The summed E-state index contributed by atoms with van der Waals surface area (Å²) in [6.45, 7) is 10.6. The quantitative estimate of drug-likeness (QED) is 0.690. The van der Waals surface area contributed by atoms with Crippen LogP contribution in [0.15, 0.2) is 17.5 Å². The van der Waals surface area contributed by atoms with E-state index in [2.05, 4.69) is 26.9 Å². The van der Waals surface area contributed by atoms with Gasteiger partial charge < -0.3 is 9.80 Å². The Hall–Kier alpha value is -2.32. The van der Waals surface area contributed by atoms with Crippen molar-refractivity contribution in [3.05, 3.63) is 34.5 Å².